The second kappa shape index (κ2) is 8.16. The second-order valence-electron chi connectivity index (χ2n) is 6.72. The van der Waals surface area contributed by atoms with Crippen molar-refractivity contribution in [1.29, 1.82) is 0 Å². The van der Waals surface area contributed by atoms with E-state index in [0.29, 0.717) is 23.0 Å². The molecule has 0 radical (unpaired) electrons. The minimum Gasteiger partial charge on any atom is -0.465 e. The van der Waals surface area contributed by atoms with Gasteiger partial charge in [0.2, 0.25) is 5.88 Å². The Balaban J connectivity index is 1.59. The number of fused-ring (bicyclic) bond motifs is 1. The summed E-state index contributed by atoms with van der Waals surface area (Å²) in [4.78, 5) is 24.8. The van der Waals surface area contributed by atoms with Crippen molar-refractivity contribution in [3.8, 4) is 11.6 Å². The molecule has 4 rings (SSSR count). The highest BCUT2D eigenvalue weighted by molar-refractivity contribution is 5.93. The van der Waals surface area contributed by atoms with Crippen molar-refractivity contribution in [2.45, 2.75) is 13.8 Å². The normalized spacial score (nSPS) is 10.6. The molecule has 0 amide bonds. The van der Waals surface area contributed by atoms with Gasteiger partial charge in [-0.25, -0.2) is 19.7 Å². The molecular formula is C23H20N4O3. The summed E-state index contributed by atoms with van der Waals surface area (Å²) in [5.74, 6) is 1.97. The van der Waals surface area contributed by atoms with Crippen molar-refractivity contribution in [2.75, 3.05) is 12.4 Å². The number of nitrogens with zero attached hydrogens (tertiary/aromatic N) is 3. The minimum atomic E-state index is -0.442. The van der Waals surface area contributed by atoms with E-state index in [0.717, 1.165) is 28.0 Å². The molecular weight excluding hydrogens is 380 g/mol. The minimum absolute atomic E-state index is 0.363. The van der Waals surface area contributed by atoms with Crippen molar-refractivity contribution in [3.63, 3.8) is 0 Å². The van der Waals surface area contributed by atoms with Crippen LogP contribution in [0.5, 0.6) is 11.6 Å². The van der Waals surface area contributed by atoms with Gasteiger partial charge >= 0.3 is 5.97 Å². The molecule has 0 aliphatic rings. The molecule has 7 heteroatoms. The Labute approximate surface area is 173 Å². The third-order valence-electron chi connectivity index (χ3n) is 4.52. The maximum absolute atomic E-state index is 11.5. The molecule has 0 bridgehead atoms. The maximum Gasteiger partial charge on any atom is 0.339 e. The van der Waals surface area contributed by atoms with Crippen molar-refractivity contribution >= 4 is 28.4 Å². The van der Waals surface area contributed by atoms with E-state index in [1.807, 2.05) is 56.3 Å². The lowest BCUT2D eigenvalue weighted by Crippen LogP contribution is -2.02. The molecule has 0 fully saturated rings. The van der Waals surface area contributed by atoms with Gasteiger partial charge in [-0.15, -0.1) is 0 Å². The maximum atomic E-state index is 11.5. The first-order chi connectivity index (χ1) is 14.5. The molecule has 1 N–H and O–H groups in total. The van der Waals surface area contributed by atoms with Crippen LogP contribution in [0.15, 0.2) is 60.8 Å². The van der Waals surface area contributed by atoms with Gasteiger partial charge in [0.1, 0.15) is 17.4 Å². The Morgan fingerprint density at radius 2 is 1.83 bits per heavy atom. The van der Waals surface area contributed by atoms with E-state index in [9.17, 15) is 4.79 Å². The third-order valence-corrected chi connectivity index (χ3v) is 4.52. The highest BCUT2D eigenvalue weighted by Crippen LogP contribution is 2.29. The summed E-state index contributed by atoms with van der Waals surface area (Å²) in [6.45, 7) is 3.91. The summed E-state index contributed by atoms with van der Waals surface area (Å²) in [5.41, 5.74) is 3.17. The highest BCUT2D eigenvalue weighted by Gasteiger charge is 2.10. The molecule has 2 aromatic heterocycles. The van der Waals surface area contributed by atoms with Crippen LogP contribution in [0.25, 0.3) is 10.9 Å². The number of aromatic nitrogens is 3. The average Bonchev–Trinajstić information content (AvgIpc) is 2.74. The SMILES string of the molecule is COC(=O)c1ccc(Oc2cccc(Nc3nc(C)nc4cccc(C)c34)c2)nc1. The van der Waals surface area contributed by atoms with Gasteiger partial charge in [-0.1, -0.05) is 18.2 Å². The Bertz CT molecular complexity index is 1220. The van der Waals surface area contributed by atoms with E-state index < -0.39 is 5.97 Å². The summed E-state index contributed by atoms with van der Waals surface area (Å²) in [5, 5.41) is 4.35. The van der Waals surface area contributed by atoms with Crippen molar-refractivity contribution in [2.24, 2.45) is 0 Å². The number of aryl methyl sites for hydroxylation is 2. The summed E-state index contributed by atoms with van der Waals surface area (Å²) >= 11 is 0. The molecule has 2 aromatic carbocycles. The fraction of sp³-hybridized carbons (Fsp3) is 0.130. The van der Waals surface area contributed by atoms with Gasteiger partial charge in [0.25, 0.3) is 0 Å². The van der Waals surface area contributed by atoms with Gasteiger partial charge in [-0.2, -0.15) is 0 Å². The lowest BCUT2D eigenvalue weighted by Gasteiger charge is -2.12. The number of rotatable bonds is 5. The molecule has 0 unspecified atom stereocenters. The summed E-state index contributed by atoms with van der Waals surface area (Å²) in [6.07, 6.45) is 1.42. The standard InChI is InChI=1S/C23H20N4O3/c1-14-6-4-9-19-21(14)22(26-15(2)25-19)27-17-7-5-8-18(12-17)30-20-11-10-16(13-24-20)23(28)29-3/h4-13H,1-3H3,(H,25,26,27). The number of esters is 1. The van der Waals surface area contributed by atoms with Gasteiger partial charge in [-0.05, 0) is 43.7 Å². The molecule has 30 heavy (non-hydrogen) atoms. The van der Waals surface area contributed by atoms with Crippen LogP contribution in [0.1, 0.15) is 21.7 Å². The number of ether oxygens (including phenoxy) is 2. The predicted molar refractivity (Wildman–Crippen MR) is 114 cm³/mol. The van der Waals surface area contributed by atoms with Crippen LogP contribution in [-0.4, -0.2) is 28.0 Å². The van der Waals surface area contributed by atoms with Crippen LogP contribution in [0.3, 0.4) is 0 Å². The molecule has 4 aromatic rings. The molecule has 0 atom stereocenters. The van der Waals surface area contributed by atoms with Gasteiger partial charge in [-0.3, -0.25) is 0 Å². The van der Waals surface area contributed by atoms with Crippen LogP contribution in [0.4, 0.5) is 11.5 Å². The first-order valence-corrected chi connectivity index (χ1v) is 9.37. The Kier molecular flexibility index (Phi) is 5.26. The third kappa shape index (κ3) is 4.05. The fourth-order valence-corrected chi connectivity index (χ4v) is 3.14. The Morgan fingerprint density at radius 1 is 1.00 bits per heavy atom. The molecule has 0 aliphatic heterocycles. The second-order valence-corrected chi connectivity index (χ2v) is 6.72. The lowest BCUT2D eigenvalue weighted by molar-refractivity contribution is 0.0600. The van der Waals surface area contributed by atoms with E-state index in [-0.39, 0.29) is 0 Å². The topological polar surface area (TPSA) is 86.2 Å². The number of benzene rings is 2. The first-order valence-electron chi connectivity index (χ1n) is 9.37. The molecule has 0 aliphatic carbocycles. The predicted octanol–water partition coefficient (Wildman–Crippen LogP) is 4.96. The number of hydrogen-bond donors (Lipinski definition) is 1. The highest BCUT2D eigenvalue weighted by atomic mass is 16.5. The summed E-state index contributed by atoms with van der Waals surface area (Å²) in [7, 11) is 1.33. The van der Waals surface area contributed by atoms with E-state index in [4.69, 9.17) is 4.74 Å². The Morgan fingerprint density at radius 3 is 2.60 bits per heavy atom. The summed E-state index contributed by atoms with van der Waals surface area (Å²) in [6, 6.07) is 16.7. The van der Waals surface area contributed by atoms with Crippen LogP contribution >= 0.6 is 0 Å². The van der Waals surface area contributed by atoms with Crippen molar-refractivity contribution in [3.05, 3.63) is 77.7 Å². The van der Waals surface area contributed by atoms with Crippen LogP contribution in [0.2, 0.25) is 0 Å². The first kappa shape index (κ1) is 19.3. The van der Waals surface area contributed by atoms with Crippen LogP contribution in [0, 0.1) is 13.8 Å². The fourth-order valence-electron chi connectivity index (χ4n) is 3.14. The van der Waals surface area contributed by atoms with Gasteiger partial charge in [0.15, 0.2) is 0 Å². The molecule has 0 spiro atoms. The largest absolute Gasteiger partial charge is 0.465 e. The van der Waals surface area contributed by atoms with Gasteiger partial charge in [0.05, 0.1) is 18.2 Å². The van der Waals surface area contributed by atoms with Crippen molar-refractivity contribution < 1.29 is 14.3 Å². The number of hydrogen-bond acceptors (Lipinski definition) is 7. The number of pyridine rings is 1. The van der Waals surface area contributed by atoms with E-state index in [1.165, 1.54) is 13.3 Å². The quantitative estimate of drug-likeness (QED) is 0.474. The zero-order valence-electron chi connectivity index (χ0n) is 16.8. The Hall–Kier alpha value is -4.00. The van der Waals surface area contributed by atoms with Crippen LogP contribution < -0.4 is 10.1 Å². The zero-order valence-corrected chi connectivity index (χ0v) is 16.8. The monoisotopic (exact) mass is 400 g/mol. The summed E-state index contributed by atoms with van der Waals surface area (Å²) < 4.78 is 10.5. The van der Waals surface area contributed by atoms with E-state index in [2.05, 4.69) is 25.0 Å². The average molecular weight is 400 g/mol. The van der Waals surface area contributed by atoms with Gasteiger partial charge < -0.3 is 14.8 Å². The molecule has 150 valence electrons. The molecule has 0 saturated heterocycles. The number of methoxy groups -OCH3 is 1. The molecule has 0 saturated carbocycles. The van der Waals surface area contributed by atoms with Crippen molar-refractivity contribution in [1.82, 2.24) is 15.0 Å². The van der Waals surface area contributed by atoms with Gasteiger partial charge in [0, 0.05) is 29.4 Å². The molecule has 2 heterocycles. The number of carbonyl (C=O) groups is 1. The van der Waals surface area contributed by atoms with E-state index in [1.54, 1.807) is 12.1 Å². The molecule has 7 nitrogen and oxygen atoms in total. The van der Waals surface area contributed by atoms with Crippen LogP contribution in [-0.2, 0) is 4.74 Å². The zero-order chi connectivity index (χ0) is 21.1. The lowest BCUT2D eigenvalue weighted by atomic mass is 10.1. The number of carbonyl (C=O) groups excluding carboxylic acids is 1. The number of nitrogens with one attached hydrogen (secondary N) is 1. The smallest absolute Gasteiger partial charge is 0.339 e. The van der Waals surface area contributed by atoms with E-state index >= 15 is 0 Å². The number of anilines is 2.